The van der Waals surface area contributed by atoms with Crippen molar-refractivity contribution < 1.29 is 9.53 Å². The summed E-state index contributed by atoms with van der Waals surface area (Å²) in [6.07, 6.45) is 2.71. The summed E-state index contributed by atoms with van der Waals surface area (Å²) in [5.41, 5.74) is 10.6. The molecule has 2 rings (SSSR count). The van der Waals surface area contributed by atoms with E-state index in [9.17, 15) is 4.79 Å². The molecule has 0 saturated carbocycles. The SMILES string of the molecule is Cc1ccc2c(c1N)CCN(CCCCNC(=O)OC(C)(C)C)C2. The highest BCUT2D eigenvalue weighted by Gasteiger charge is 2.19. The number of alkyl carbamates (subject to hydrolysis) is 1. The Hall–Kier alpha value is -1.75. The van der Waals surface area contributed by atoms with Crippen molar-refractivity contribution >= 4 is 11.8 Å². The van der Waals surface area contributed by atoms with Gasteiger partial charge in [-0.25, -0.2) is 4.79 Å². The average Bonchev–Trinajstić information content (AvgIpc) is 2.49. The van der Waals surface area contributed by atoms with Crippen molar-refractivity contribution in [3.05, 3.63) is 28.8 Å². The fourth-order valence-corrected chi connectivity index (χ4v) is 3.02. The second-order valence-electron chi connectivity index (χ2n) is 7.60. The van der Waals surface area contributed by atoms with E-state index in [2.05, 4.69) is 29.3 Å². The van der Waals surface area contributed by atoms with Crippen molar-refractivity contribution in [2.75, 3.05) is 25.4 Å². The standard InChI is InChI=1S/C19H31N3O2/c1-14-7-8-15-13-22(12-9-16(15)17(14)20)11-6-5-10-21-18(23)24-19(2,3)4/h7-8H,5-6,9-13,20H2,1-4H3,(H,21,23). The Labute approximate surface area is 145 Å². The predicted molar refractivity (Wildman–Crippen MR) is 98.0 cm³/mol. The molecule has 0 radical (unpaired) electrons. The highest BCUT2D eigenvalue weighted by atomic mass is 16.6. The molecular weight excluding hydrogens is 302 g/mol. The summed E-state index contributed by atoms with van der Waals surface area (Å²) in [6, 6.07) is 4.32. The molecule has 0 fully saturated rings. The second kappa shape index (κ2) is 7.88. The van der Waals surface area contributed by atoms with Gasteiger partial charge in [0.05, 0.1) is 0 Å². The highest BCUT2D eigenvalue weighted by molar-refractivity contribution is 5.67. The number of carbonyl (C=O) groups is 1. The molecule has 5 heteroatoms. The Bertz CT molecular complexity index is 579. The van der Waals surface area contributed by atoms with Crippen molar-refractivity contribution in [1.82, 2.24) is 10.2 Å². The van der Waals surface area contributed by atoms with Gasteiger partial charge in [0.2, 0.25) is 0 Å². The first-order chi connectivity index (χ1) is 11.3. The molecule has 134 valence electrons. The number of amides is 1. The Morgan fingerprint density at radius 1 is 1.33 bits per heavy atom. The molecule has 0 aromatic heterocycles. The Morgan fingerprint density at radius 2 is 2.08 bits per heavy atom. The van der Waals surface area contributed by atoms with Gasteiger partial charge in [0.15, 0.2) is 0 Å². The molecular formula is C19H31N3O2. The van der Waals surface area contributed by atoms with Gasteiger partial charge >= 0.3 is 6.09 Å². The maximum atomic E-state index is 11.6. The first-order valence-electron chi connectivity index (χ1n) is 8.82. The van der Waals surface area contributed by atoms with Gasteiger partial charge in [0, 0.05) is 25.3 Å². The number of carbonyl (C=O) groups excluding carboxylic acids is 1. The van der Waals surface area contributed by atoms with Crippen LogP contribution in [0.2, 0.25) is 0 Å². The fraction of sp³-hybridized carbons (Fsp3) is 0.632. The maximum absolute atomic E-state index is 11.6. The number of benzene rings is 1. The molecule has 1 aromatic carbocycles. The first kappa shape index (κ1) is 18.6. The van der Waals surface area contributed by atoms with Crippen LogP contribution >= 0.6 is 0 Å². The summed E-state index contributed by atoms with van der Waals surface area (Å²) >= 11 is 0. The van der Waals surface area contributed by atoms with Crippen LogP contribution in [-0.2, 0) is 17.7 Å². The van der Waals surface area contributed by atoms with Gasteiger partial charge in [-0.2, -0.15) is 0 Å². The summed E-state index contributed by atoms with van der Waals surface area (Å²) in [6.45, 7) is 11.4. The van der Waals surface area contributed by atoms with Gasteiger partial charge in [0.25, 0.3) is 0 Å². The lowest BCUT2D eigenvalue weighted by atomic mass is 9.95. The third-order valence-corrected chi connectivity index (χ3v) is 4.31. The van der Waals surface area contributed by atoms with Gasteiger partial charge in [-0.05, 0) is 70.2 Å². The van der Waals surface area contributed by atoms with Crippen molar-refractivity contribution in [3.63, 3.8) is 0 Å². The molecule has 1 heterocycles. The van der Waals surface area contributed by atoms with E-state index in [0.717, 1.165) is 44.6 Å². The number of anilines is 1. The Kier molecular flexibility index (Phi) is 6.10. The van der Waals surface area contributed by atoms with Crippen LogP contribution in [0.1, 0.15) is 50.3 Å². The number of ether oxygens (including phenoxy) is 1. The smallest absolute Gasteiger partial charge is 0.407 e. The third-order valence-electron chi connectivity index (χ3n) is 4.31. The molecule has 5 nitrogen and oxygen atoms in total. The Balaban J connectivity index is 1.67. The lowest BCUT2D eigenvalue weighted by Gasteiger charge is -2.30. The number of nitrogen functional groups attached to an aromatic ring is 1. The number of unbranched alkanes of at least 4 members (excludes halogenated alkanes) is 1. The lowest BCUT2D eigenvalue weighted by molar-refractivity contribution is 0.0526. The lowest BCUT2D eigenvalue weighted by Crippen LogP contribution is -2.34. The van der Waals surface area contributed by atoms with E-state index in [-0.39, 0.29) is 6.09 Å². The van der Waals surface area contributed by atoms with Crippen LogP contribution in [0.3, 0.4) is 0 Å². The zero-order valence-electron chi connectivity index (χ0n) is 15.4. The monoisotopic (exact) mass is 333 g/mol. The van der Waals surface area contributed by atoms with E-state index in [1.807, 2.05) is 20.8 Å². The maximum Gasteiger partial charge on any atom is 0.407 e. The van der Waals surface area contributed by atoms with E-state index >= 15 is 0 Å². The van der Waals surface area contributed by atoms with E-state index < -0.39 is 5.60 Å². The van der Waals surface area contributed by atoms with E-state index in [1.54, 1.807) is 0 Å². The van der Waals surface area contributed by atoms with Gasteiger partial charge in [-0.1, -0.05) is 12.1 Å². The number of rotatable bonds is 5. The van der Waals surface area contributed by atoms with E-state index in [4.69, 9.17) is 10.5 Å². The predicted octanol–water partition coefficient (Wildman–Crippen LogP) is 3.24. The van der Waals surface area contributed by atoms with E-state index in [0.29, 0.717) is 6.54 Å². The summed E-state index contributed by atoms with van der Waals surface area (Å²) in [7, 11) is 0. The number of nitrogens with zero attached hydrogens (tertiary/aromatic N) is 1. The summed E-state index contributed by atoms with van der Waals surface area (Å²) in [5, 5.41) is 2.81. The molecule has 0 unspecified atom stereocenters. The van der Waals surface area contributed by atoms with Gasteiger partial charge in [0.1, 0.15) is 5.60 Å². The van der Waals surface area contributed by atoms with Gasteiger partial charge in [-0.15, -0.1) is 0 Å². The molecule has 0 spiro atoms. The number of hydrogen-bond acceptors (Lipinski definition) is 4. The third kappa shape index (κ3) is 5.41. The molecule has 0 bridgehead atoms. The van der Waals surface area contributed by atoms with Gasteiger partial charge in [-0.3, -0.25) is 4.90 Å². The zero-order valence-corrected chi connectivity index (χ0v) is 15.4. The zero-order chi connectivity index (χ0) is 17.7. The fourth-order valence-electron chi connectivity index (χ4n) is 3.02. The molecule has 1 aliphatic rings. The topological polar surface area (TPSA) is 67.6 Å². The number of nitrogens with one attached hydrogen (secondary N) is 1. The number of fused-ring (bicyclic) bond motifs is 1. The second-order valence-corrected chi connectivity index (χ2v) is 7.60. The van der Waals surface area contributed by atoms with Crippen LogP contribution in [0.25, 0.3) is 0 Å². The minimum Gasteiger partial charge on any atom is -0.444 e. The van der Waals surface area contributed by atoms with Crippen molar-refractivity contribution in [1.29, 1.82) is 0 Å². The molecule has 0 aliphatic carbocycles. The van der Waals surface area contributed by atoms with Crippen LogP contribution in [0.4, 0.5) is 10.5 Å². The minimum atomic E-state index is -0.439. The average molecular weight is 333 g/mol. The van der Waals surface area contributed by atoms with Crippen LogP contribution < -0.4 is 11.1 Å². The van der Waals surface area contributed by atoms with Crippen LogP contribution in [-0.4, -0.2) is 36.2 Å². The van der Waals surface area contributed by atoms with E-state index in [1.165, 1.54) is 16.7 Å². The Morgan fingerprint density at radius 3 is 2.79 bits per heavy atom. The largest absolute Gasteiger partial charge is 0.444 e. The molecule has 1 aliphatic heterocycles. The summed E-state index contributed by atoms with van der Waals surface area (Å²) in [5.74, 6) is 0. The highest BCUT2D eigenvalue weighted by Crippen LogP contribution is 2.27. The van der Waals surface area contributed by atoms with Gasteiger partial charge < -0.3 is 15.8 Å². The molecule has 1 aromatic rings. The molecule has 24 heavy (non-hydrogen) atoms. The van der Waals surface area contributed by atoms with Crippen LogP contribution in [0, 0.1) is 6.92 Å². The summed E-state index contributed by atoms with van der Waals surface area (Å²) < 4.78 is 5.22. The normalized spacial score (nSPS) is 15.0. The molecule has 0 saturated heterocycles. The van der Waals surface area contributed by atoms with Crippen molar-refractivity contribution in [2.45, 2.75) is 59.1 Å². The van der Waals surface area contributed by atoms with Crippen LogP contribution in [0.5, 0.6) is 0 Å². The number of hydrogen-bond donors (Lipinski definition) is 2. The van der Waals surface area contributed by atoms with Crippen LogP contribution in [0.15, 0.2) is 12.1 Å². The quantitative estimate of drug-likeness (QED) is 0.641. The number of nitrogens with two attached hydrogens (primary N) is 1. The summed E-state index contributed by atoms with van der Waals surface area (Å²) in [4.78, 5) is 14.0. The minimum absolute atomic E-state index is 0.333. The molecule has 0 atom stereocenters. The number of aryl methyl sites for hydroxylation is 1. The molecule has 3 N–H and O–H groups in total. The molecule has 1 amide bonds. The van der Waals surface area contributed by atoms with Crippen molar-refractivity contribution in [2.24, 2.45) is 0 Å². The first-order valence-corrected chi connectivity index (χ1v) is 8.82. The van der Waals surface area contributed by atoms with Crippen molar-refractivity contribution in [3.8, 4) is 0 Å².